The molecule has 0 aliphatic heterocycles. The van der Waals surface area contributed by atoms with Gasteiger partial charge in [0, 0.05) is 0 Å². The van der Waals surface area contributed by atoms with Gasteiger partial charge >= 0.3 is 0 Å². The van der Waals surface area contributed by atoms with Crippen LogP contribution in [0.25, 0.3) is 0 Å². The number of fused-ring (bicyclic) bond motifs is 5. The average molecular weight is 299 g/mol. The fourth-order valence-electron chi connectivity index (χ4n) is 7.07. The molecule has 0 nitrogen and oxygen atoms in total. The molecular weight excluding hydrogens is 264 g/mol. The smallest absolute Gasteiger partial charge is 0.00849 e. The third-order valence-electron chi connectivity index (χ3n) is 8.58. The lowest BCUT2D eigenvalue weighted by atomic mass is 9.47. The monoisotopic (exact) mass is 298 g/mol. The standard InChI is InChI=1S/C22H34/c1-15(2)16-9-13-22(4)17(14-16)7-8-18-19-6-5-11-21(19,3)12-10-20(18)22/h7,16,18-20H,1,5-6,8-14H2,2-4H3. The summed E-state index contributed by atoms with van der Waals surface area (Å²) in [5.41, 5.74) is 4.45. The summed E-state index contributed by atoms with van der Waals surface area (Å²) in [6, 6.07) is 0. The van der Waals surface area contributed by atoms with Gasteiger partial charge in [-0.25, -0.2) is 0 Å². The van der Waals surface area contributed by atoms with E-state index in [0.29, 0.717) is 10.8 Å². The second-order valence-electron chi connectivity index (χ2n) is 9.63. The van der Waals surface area contributed by atoms with Gasteiger partial charge in [0.05, 0.1) is 0 Å². The molecule has 6 atom stereocenters. The summed E-state index contributed by atoms with van der Waals surface area (Å²) >= 11 is 0. The molecule has 4 rings (SSSR count). The SMILES string of the molecule is C=C(C)C1CCC2(C)C(=CCC3C4CCCC4(C)CCC32)C1. The first kappa shape index (κ1) is 15.0. The summed E-state index contributed by atoms with van der Waals surface area (Å²) in [5, 5.41) is 0. The maximum Gasteiger partial charge on any atom is -0.00849 e. The van der Waals surface area contributed by atoms with Crippen LogP contribution in [0.1, 0.15) is 78.6 Å². The van der Waals surface area contributed by atoms with E-state index in [1.807, 2.05) is 5.57 Å². The molecule has 0 spiro atoms. The molecule has 0 heterocycles. The predicted octanol–water partition coefficient (Wildman–Crippen LogP) is 6.53. The molecule has 0 bridgehead atoms. The third kappa shape index (κ3) is 2.01. The highest BCUT2D eigenvalue weighted by molar-refractivity contribution is 5.26. The molecule has 0 amide bonds. The Bertz CT molecular complexity index is 512. The van der Waals surface area contributed by atoms with Gasteiger partial charge in [-0.3, -0.25) is 0 Å². The molecule has 3 fully saturated rings. The van der Waals surface area contributed by atoms with Crippen LogP contribution in [0, 0.1) is 34.5 Å². The Kier molecular flexibility index (Phi) is 3.41. The molecular formula is C22H34. The summed E-state index contributed by atoms with van der Waals surface area (Å²) in [6.07, 6.45) is 15.7. The van der Waals surface area contributed by atoms with Crippen LogP contribution in [0.3, 0.4) is 0 Å². The predicted molar refractivity (Wildman–Crippen MR) is 94.6 cm³/mol. The van der Waals surface area contributed by atoms with Crippen molar-refractivity contribution in [2.24, 2.45) is 34.5 Å². The third-order valence-corrected chi connectivity index (χ3v) is 8.58. The van der Waals surface area contributed by atoms with Gasteiger partial charge in [-0.05, 0) is 92.8 Å². The van der Waals surface area contributed by atoms with E-state index >= 15 is 0 Å². The second kappa shape index (κ2) is 4.99. The summed E-state index contributed by atoms with van der Waals surface area (Å²) in [4.78, 5) is 0. The highest BCUT2D eigenvalue weighted by atomic mass is 14.6. The highest BCUT2D eigenvalue weighted by Crippen LogP contribution is 2.65. The summed E-state index contributed by atoms with van der Waals surface area (Å²) in [6.45, 7) is 11.7. The van der Waals surface area contributed by atoms with Crippen LogP contribution in [0.4, 0.5) is 0 Å². The van der Waals surface area contributed by atoms with Crippen molar-refractivity contribution in [3.05, 3.63) is 23.8 Å². The number of hydrogen-bond acceptors (Lipinski definition) is 0. The van der Waals surface area contributed by atoms with Crippen molar-refractivity contribution < 1.29 is 0 Å². The van der Waals surface area contributed by atoms with Crippen molar-refractivity contribution in [1.29, 1.82) is 0 Å². The first-order valence-corrected chi connectivity index (χ1v) is 9.79. The van der Waals surface area contributed by atoms with Crippen molar-refractivity contribution in [2.45, 2.75) is 78.6 Å². The lowest BCUT2D eigenvalue weighted by molar-refractivity contribution is -0.0275. The number of hydrogen-bond donors (Lipinski definition) is 0. The quantitative estimate of drug-likeness (QED) is 0.483. The van der Waals surface area contributed by atoms with Gasteiger partial charge in [0.2, 0.25) is 0 Å². The molecule has 0 N–H and O–H groups in total. The molecule has 4 aliphatic rings. The Hall–Kier alpha value is -0.520. The largest absolute Gasteiger partial charge is 0.0998 e. The van der Waals surface area contributed by atoms with Crippen molar-refractivity contribution >= 4 is 0 Å². The van der Waals surface area contributed by atoms with Crippen molar-refractivity contribution in [1.82, 2.24) is 0 Å². The van der Waals surface area contributed by atoms with E-state index in [9.17, 15) is 0 Å². The van der Waals surface area contributed by atoms with Crippen molar-refractivity contribution in [3.63, 3.8) is 0 Å². The summed E-state index contributed by atoms with van der Waals surface area (Å²) in [7, 11) is 0. The van der Waals surface area contributed by atoms with Gasteiger partial charge < -0.3 is 0 Å². The average Bonchev–Trinajstić information content (AvgIpc) is 2.88. The van der Waals surface area contributed by atoms with E-state index < -0.39 is 0 Å². The lowest BCUT2D eigenvalue weighted by Crippen LogP contribution is -2.48. The van der Waals surface area contributed by atoms with Crippen LogP contribution in [0.2, 0.25) is 0 Å². The Labute approximate surface area is 137 Å². The van der Waals surface area contributed by atoms with Crippen molar-refractivity contribution in [2.75, 3.05) is 0 Å². The Balaban J connectivity index is 1.64. The number of allylic oxidation sites excluding steroid dienone is 3. The van der Waals surface area contributed by atoms with Crippen LogP contribution in [-0.2, 0) is 0 Å². The molecule has 0 aromatic heterocycles. The summed E-state index contributed by atoms with van der Waals surface area (Å²) < 4.78 is 0. The Morgan fingerprint density at radius 2 is 1.91 bits per heavy atom. The molecule has 6 unspecified atom stereocenters. The van der Waals surface area contributed by atoms with E-state index in [0.717, 1.165) is 23.7 Å². The zero-order valence-electron chi connectivity index (χ0n) is 15.0. The maximum absolute atomic E-state index is 4.25. The van der Waals surface area contributed by atoms with Crippen molar-refractivity contribution in [3.8, 4) is 0 Å². The summed E-state index contributed by atoms with van der Waals surface area (Å²) in [5.74, 6) is 3.77. The minimum absolute atomic E-state index is 0.527. The van der Waals surface area contributed by atoms with E-state index in [4.69, 9.17) is 0 Å². The van der Waals surface area contributed by atoms with Gasteiger partial charge in [-0.1, -0.05) is 44.1 Å². The second-order valence-corrected chi connectivity index (χ2v) is 9.63. The van der Waals surface area contributed by atoms with E-state index in [2.05, 4.69) is 33.4 Å². The molecule has 122 valence electrons. The maximum atomic E-state index is 4.25. The molecule has 3 saturated carbocycles. The fourth-order valence-corrected chi connectivity index (χ4v) is 7.07. The Morgan fingerprint density at radius 1 is 1.09 bits per heavy atom. The van der Waals surface area contributed by atoms with Gasteiger partial charge in [0.1, 0.15) is 0 Å². The molecule has 0 heteroatoms. The fraction of sp³-hybridized carbons (Fsp3) is 0.818. The van der Waals surface area contributed by atoms with E-state index in [-0.39, 0.29) is 0 Å². The topological polar surface area (TPSA) is 0 Å². The normalized spacial score (nSPS) is 50.6. The van der Waals surface area contributed by atoms with Crippen LogP contribution in [-0.4, -0.2) is 0 Å². The van der Waals surface area contributed by atoms with Crippen LogP contribution in [0.5, 0.6) is 0 Å². The van der Waals surface area contributed by atoms with Crippen LogP contribution in [0.15, 0.2) is 23.8 Å². The van der Waals surface area contributed by atoms with Crippen LogP contribution < -0.4 is 0 Å². The number of rotatable bonds is 1. The van der Waals surface area contributed by atoms with E-state index in [1.165, 1.54) is 63.4 Å². The zero-order valence-corrected chi connectivity index (χ0v) is 15.0. The van der Waals surface area contributed by atoms with Gasteiger partial charge in [-0.2, -0.15) is 0 Å². The molecule has 0 radical (unpaired) electrons. The van der Waals surface area contributed by atoms with Gasteiger partial charge in [0.25, 0.3) is 0 Å². The molecule has 0 saturated heterocycles. The minimum Gasteiger partial charge on any atom is -0.0998 e. The van der Waals surface area contributed by atoms with Crippen LogP contribution >= 0.6 is 0 Å². The first-order chi connectivity index (χ1) is 10.4. The molecule has 0 aromatic rings. The van der Waals surface area contributed by atoms with Gasteiger partial charge in [0.15, 0.2) is 0 Å². The molecule has 22 heavy (non-hydrogen) atoms. The van der Waals surface area contributed by atoms with E-state index in [1.54, 1.807) is 0 Å². The molecule has 4 aliphatic carbocycles. The Morgan fingerprint density at radius 3 is 2.68 bits per heavy atom. The van der Waals surface area contributed by atoms with Gasteiger partial charge in [-0.15, -0.1) is 0 Å². The minimum atomic E-state index is 0.527. The first-order valence-electron chi connectivity index (χ1n) is 9.79. The lowest BCUT2D eigenvalue weighted by Gasteiger charge is -2.57. The highest BCUT2D eigenvalue weighted by Gasteiger charge is 2.55. The zero-order chi connectivity index (χ0) is 15.5. The molecule has 0 aromatic carbocycles.